The molecule has 0 aliphatic carbocycles. The van der Waals surface area contributed by atoms with Crippen LogP contribution in [-0.2, 0) is 27.0 Å². The Balaban J connectivity index is 1.48. The van der Waals surface area contributed by atoms with Gasteiger partial charge in [0.25, 0.3) is 0 Å². The SMILES string of the molecule is O=C(O)[C@H](Cc1ccc(-c2ccccc2)cc1)NC(=O)[C@H](Cc1ccc2ccccc2c1)NCP(=O)(O)O. The highest BCUT2D eigenvalue weighted by atomic mass is 31.2. The topological polar surface area (TPSA) is 136 Å². The molecule has 0 spiro atoms. The Morgan fingerprint density at radius 2 is 1.29 bits per heavy atom. The summed E-state index contributed by atoms with van der Waals surface area (Å²) in [5.41, 5.74) is 3.52. The minimum atomic E-state index is -4.45. The van der Waals surface area contributed by atoms with Crippen LogP contribution >= 0.6 is 7.60 Å². The Morgan fingerprint density at radius 3 is 1.95 bits per heavy atom. The van der Waals surface area contributed by atoms with Crippen LogP contribution in [0.5, 0.6) is 0 Å². The maximum Gasteiger partial charge on any atom is 0.339 e. The minimum Gasteiger partial charge on any atom is -0.480 e. The molecule has 9 heteroatoms. The summed E-state index contributed by atoms with van der Waals surface area (Å²) in [6, 6.07) is 28.3. The number of fused-ring (bicyclic) bond motifs is 1. The molecular weight excluding hydrogens is 503 g/mol. The third-order valence-corrected chi connectivity index (χ3v) is 6.82. The van der Waals surface area contributed by atoms with E-state index in [1.165, 1.54) is 0 Å². The predicted octanol–water partition coefficient (Wildman–Crippen LogP) is 3.95. The van der Waals surface area contributed by atoms with E-state index >= 15 is 0 Å². The minimum absolute atomic E-state index is 0.0529. The summed E-state index contributed by atoms with van der Waals surface area (Å²) in [4.78, 5) is 43.9. The molecule has 0 aromatic heterocycles. The monoisotopic (exact) mass is 532 g/mol. The van der Waals surface area contributed by atoms with Crippen LogP contribution in [0.3, 0.4) is 0 Å². The molecule has 0 fully saturated rings. The number of rotatable bonds is 11. The number of aliphatic carboxylic acids is 1. The average molecular weight is 533 g/mol. The zero-order chi connectivity index (χ0) is 27.1. The molecule has 0 aliphatic rings. The molecule has 0 saturated heterocycles. The van der Waals surface area contributed by atoms with Gasteiger partial charge in [-0.05, 0) is 39.4 Å². The summed E-state index contributed by atoms with van der Waals surface area (Å²) in [6.45, 7) is 0. The molecule has 196 valence electrons. The Bertz CT molecular complexity index is 1450. The molecule has 0 saturated carbocycles. The highest BCUT2D eigenvalue weighted by molar-refractivity contribution is 7.51. The summed E-state index contributed by atoms with van der Waals surface area (Å²) in [5.74, 6) is -1.86. The first-order chi connectivity index (χ1) is 18.2. The van der Waals surface area contributed by atoms with E-state index in [1.54, 1.807) is 0 Å². The number of nitrogens with one attached hydrogen (secondary N) is 2. The number of carboxylic acids is 1. The van der Waals surface area contributed by atoms with Crippen LogP contribution in [0.4, 0.5) is 0 Å². The van der Waals surface area contributed by atoms with Gasteiger partial charge in [0.15, 0.2) is 0 Å². The van der Waals surface area contributed by atoms with Crippen molar-refractivity contribution in [3.05, 3.63) is 108 Å². The maximum atomic E-state index is 13.2. The zero-order valence-corrected chi connectivity index (χ0v) is 21.4. The van der Waals surface area contributed by atoms with Gasteiger partial charge in [0.1, 0.15) is 6.04 Å². The van der Waals surface area contributed by atoms with Gasteiger partial charge in [0.05, 0.1) is 12.3 Å². The highest BCUT2D eigenvalue weighted by Crippen LogP contribution is 2.32. The van der Waals surface area contributed by atoms with Crippen molar-refractivity contribution in [1.82, 2.24) is 10.6 Å². The van der Waals surface area contributed by atoms with Crippen molar-refractivity contribution in [1.29, 1.82) is 0 Å². The second kappa shape index (κ2) is 12.2. The fraction of sp³-hybridized carbons (Fsp3) is 0.172. The van der Waals surface area contributed by atoms with Gasteiger partial charge in [-0.25, -0.2) is 4.79 Å². The number of carbonyl (C=O) groups is 2. The van der Waals surface area contributed by atoms with Crippen molar-refractivity contribution < 1.29 is 29.0 Å². The summed E-state index contributed by atoms with van der Waals surface area (Å²) in [6.07, 6.45) is -0.538. The third kappa shape index (κ3) is 7.60. The first-order valence-corrected chi connectivity index (χ1v) is 13.9. The van der Waals surface area contributed by atoms with E-state index in [0.717, 1.165) is 33.0 Å². The van der Waals surface area contributed by atoms with Crippen molar-refractivity contribution in [3.63, 3.8) is 0 Å². The van der Waals surface area contributed by atoms with E-state index in [1.807, 2.05) is 97.1 Å². The molecule has 5 N–H and O–H groups in total. The van der Waals surface area contributed by atoms with Crippen LogP contribution < -0.4 is 10.6 Å². The second-order valence-corrected chi connectivity index (χ2v) is 10.8. The van der Waals surface area contributed by atoms with E-state index in [-0.39, 0.29) is 12.8 Å². The summed E-state index contributed by atoms with van der Waals surface area (Å²) >= 11 is 0. The molecule has 38 heavy (non-hydrogen) atoms. The van der Waals surface area contributed by atoms with Crippen molar-refractivity contribution >= 4 is 30.2 Å². The van der Waals surface area contributed by atoms with Crippen molar-refractivity contribution in [3.8, 4) is 11.1 Å². The number of carboxylic acid groups (broad SMARTS) is 1. The van der Waals surface area contributed by atoms with Gasteiger partial charge in [-0.1, -0.05) is 97.1 Å². The van der Waals surface area contributed by atoms with Gasteiger partial charge in [-0.15, -0.1) is 0 Å². The number of amides is 1. The summed E-state index contributed by atoms with van der Waals surface area (Å²) in [5, 5.41) is 17.0. The molecule has 4 rings (SSSR count). The molecule has 0 bridgehead atoms. The lowest BCUT2D eigenvalue weighted by molar-refractivity contribution is -0.142. The number of carbonyl (C=O) groups excluding carboxylic acids is 1. The molecule has 8 nitrogen and oxygen atoms in total. The number of benzene rings is 4. The van der Waals surface area contributed by atoms with Crippen molar-refractivity contribution in [2.75, 3.05) is 6.29 Å². The van der Waals surface area contributed by atoms with E-state index < -0.39 is 37.8 Å². The van der Waals surface area contributed by atoms with E-state index in [9.17, 15) is 29.0 Å². The van der Waals surface area contributed by atoms with Crippen LogP contribution in [0.2, 0.25) is 0 Å². The van der Waals surface area contributed by atoms with Gasteiger partial charge in [-0.3, -0.25) is 14.7 Å². The molecular formula is C29H29N2O6P. The smallest absolute Gasteiger partial charge is 0.339 e. The Kier molecular flexibility index (Phi) is 8.71. The van der Waals surface area contributed by atoms with Crippen LogP contribution in [-0.4, -0.2) is 45.1 Å². The average Bonchev–Trinajstić information content (AvgIpc) is 2.90. The van der Waals surface area contributed by atoms with Crippen molar-refractivity contribution in [2.45, 2.75) is 24.9 Å². The lowest BCUT2D eigenvalue weighted by atomic mass is 9.99. The van der Waals surface area contributed by atoms with Crippen LogP contribution in [0, 0.1) is 0 Å². The van der Waals surface area contributed by atoms with Crippen LogP contribution in [0.15, 0.2) is 97.1 Å². The van der Waals surface area contributed by atoms with Gasteiger partial charge < -0.3 is 20.2 Å². The molecule has 2 atom stereocenters. The summed E-state index contributed by atoms with van der Waals surface area (Å²) in [7, 11) is -4.45. The van der Waals surface area contributed by atoms with Gasteiger partial charge in [0.2, 0.25) is 5.91 Å². The van der Waals surface area contributed by atoms with Gasteiger partial charge in [-0.2, -0.15) is 0 Å². The molecule has 4 aromatic carbocycles. The van der Waals surface area contributed by atoms with Crippen LogP contribution in [0.25, 0.3) is 21.9 Å². The zero-order valence-electron chi connectivity index (χ0n) is 20.5. The van der Waals surface area contributed by atoms with E-state index in [0.29, 0.717) is 0 Å². The molecule has 0 aliphatic heterocycles. The second-order valence-electron chi connectivity index (χ2n) is 9.13. The van der Waals surface area contributed by atoms with Gasteiger partial charge in [0, 0.05) is 6.42 Å². The Morgan fingerprint density at radius 1 is 0.711 bits per heavy atom. The lowest BCUT2D eigenvalue weighted by Crippen LogP contribution is -2.52. The first-order valence-electron chi connectivity index (χ1n) is 12.1. The normalized spacial score (nSPS) is 13.1. The van der Waals surface area contributed by atoms with Gasteiger partial charge >= 0.3 is 13.6 Å². The van der Waals surface area contributed by atoms with Crippen molar-refractivity contribution in [2.24, 2.45) is 0 Å². The van der Waals surface area contributed by atoms with E-state index in [4.69, 9.17) is 0 Å². The Hall–Kier alpha value is -3.81. The molecule has 0 radical (unpaired) electrons. The van der Waals surface area contributed by atoms with Crippen LogP contribution in [0.1, 0.15) is 11.1 Å². The molecule has 0 heterocycles. The van der Waals surface area contributed by atoms with E-state index in [2.05, 4.69) is 10.6 Å². The largest absolute Gasteiger partial charge is 0.480 e. The number of hydrogen-bond donors (Lipinski definition) is 5. The predicted molar refractivity (Wildman–Crippen MR) is 147 cm³/mol. The molecule has 4 aromatic rings. The lowest BCUT2D eigenvalue weighted by Gasteiger charge is -2.22. The highest BCUT2D eigenvalue weighted by Gasteiger charge is 2.27. The third-order valence-electron chi connectivity index (χ3n) is 6.23. The quantitative estimate of drug-likeness (QED) is 0.185. The molecule has 1 amide bonds. The molecule has 0 unspecified atom stereocenters. The Labute approximate surface area is 220 Å². The standard InChI is InChI=1S/C29H29N2O6P/c32-28(26(30-19-38(35,36)37)18-21-12-15-23-8-4-5-9-25(23)16-21)31-27(29(33)34)17-20-10-13-24(14-11-20)22-6-2-1-3-7-22/h1-16,26-27,30H,17-19H2,(H,31,32)(H,33,34)(H2,35,36,37)/t26-,27-/m0/s1. The maximum absolute atomic E-state index is 13.2. The summed E-state index contributed by atoms with van der Waals surface area (Å²) < 4.78 is 11.5. The first kappa shape index (κ1) is 27.2. The fourth-order valence-electron chi connectivity index (χ4n) is 4.26. The fourth-order valence-corrected chi connectivity index (χ4v) is 4.72. The number of hydrogen-bond acceptors (Lipinski definition) is 4.